The molecular formula is C3H10BNO2. The van der Waals surface area contributed by atoms with Crippen molar-refractivity contribution in [2.45, 2.75) is 19.3 Å². The lowest BCUT2D eigenvalue weighted by Gasteiger charge is -2.03. The molecule has 0 amide bonds. The Balaban J connectivity index is 3.14. The molecule has 0 radical (unpaired) electrons. The first kappa shape index (κ1) is 6.94. The van der Waals surface area contributed by atoms with Crippen LogP contribution in [0.5, 0.6) is 0 Å². The summed E-state index contributed by atoms with van der Waals surface area (Å²) in [4.78, 5) is 0. The van der Waals surface area contributed by atoms with Gasteiger partial charge in [-0.1, -0.05) is 6.92 Å². The largest absolute Gasteiger partial charge is 0.469 e. The molecule has 4 N–H and O–H groups in total. The summed E-state index contributed by atoms with van der Waals surface area (Å²) in [6.45, 7) is 1.80. The van der Waals surface area contributed by atoms with Gasteiger partial charge in [0.2, 0.25) is 0 Å². The van der Waals surface area contributed by atoms with Gasteiger partial charge >= 0.3 is 7.12 Å². The highest BCUT2D eigenvalue weighted by atomic mass is 16.4. The zero-order valence-corrected chi connectivity index (χ0v) is 4.33. The molecule has 0 aromatic carbocycles. The van der Waals surface area contributed by atoms with Crippen molar-refractivity contribution < 1.29 is 10.0 Å². The van der Waals surface area contributed by atoms with E-state index in [2.05, 4.69) is 0 Å². The zero-order valence-electron chi connectivity index (χ0n) is 4.33. The van der Waals surface area contributed by atoms with Gasteiger partial charge in [0.25, 0.3) is 0 Å². The van der Waals surface area contributed by atoms with Crippen LogP contribution in [-0.2, 0) is 0 Å². The molecule has 42 valence electrons. The third-order valence-corrected chi connectivity index (χ3v) is 0.854. The van der Waals surface area contributed by atoms with Crippen LogP contribution < -0.4 is 5.73 Å². The summed E-state index contributed by atoms with van der Waals surface area (Å²) in [5.41, 5.74) is 5.12. The maximum Gasteiger partial charge on any atom is 0.469 e. The second-order valence-electron chi connectivity index (χ2n) is 1.49. The molecule has 0 aliphatic rings. The van der Waals surface area contributed by atoms with Crippen LogP contribution in [0, 0.1) is 0 Å². The van der Waals surface area contributed by atoms with Gasteiger partial charge in [-0.15, -0.1) is 0 Å². The predicted molar refractivity (Wildman–Crippen MR) is 28.5 cm³/mol. The Morgan fingerprint density at radius 3 is 2.14 bits per heavy atom. The van der Waals surface area contributed by atoms with Gasteiger partial charge in [0.1, 0.15) is 0 Å². The lowest BCUT2D eigenvalue weighted by atomic mass is 9.79. The van der Waals surface area contributed by atoms with E-state index in [0.717, 1.165) is 0 Å². The minimum absolute atomic E-state index is 0.486. The van der Waals surface area contributed by atoms with Gasteiger partial charge in [0, 0.05) is 5.94 Å². The van der Waals surface area contributed by atoms with Crippen LogP contribution in [0.3, 0.4) is 0 Å². The van der Waals surface area contributed by atoms with Crippen molar-refractivity contribution in [3.63, 3.8) is 0 Å². The van der Waals surface area contributed by atoms with Crippen LogP contribution in [0.4, 0.5) is 0 Å². The first-order valence-electron chi connectivity index (χ1n) is 2.30. The van der Waals surface area contributed by atoms with Gasteiger partial charge in [-0.2, -0.15) is 0 Å². The molecule has 0 unspecified atom stereocenters. The fourth-order valence-corrected chi connectivity index (χ4v) is 0.211. The van der Waals surface area contributed by atoms with Gasteiger partial charge in [-0.05, 0) is 6.42 Å². The first-order valence-corrected chi connectivity index (χ1v) is 2.30. The van der Waals surface area contributed by atoms with E-state index in [0.29, 0.717) is 6.42 Å². The van der Waals surface area contributed by atoms with Crippen LogP contribution in [0.2, 0.25) is 0 Å². The van der Waals surface area contributed by atoms with Gasteiger partial charge in [-0.3, -0.25) is 0 Å². The molecular weight excluding hydrogens is 92.8 g/mol. The molecule has 0 heterocycles. The minimum Gasteiger partial charge on any atom is -0.426 e. The normalized spacial score (nSPS) is 13.7. The summed E-state index contributed by atoms with van der Waals surface area (Å²) in [5, 5.41) is 16.5. The molecule has 7 heavy (non-hydrogen) atoms. The summed E-state index contributed by atoms with van der Waals surface area (Å²) >= 11 is 0. The van der Waals surface area contributed by atoms with Crippen molar-refractivity contribution in [1.29, 1.82) is 0 Å². The molecule has 0 aliphatic carbocycles. The fraction of sp³-hybridized carbons (Fsp3) is 1.00. The Kier molecular flexibility index (Phi) is 2.99. The summed E-state index contributed by atoms with van der Waals surface area (Å²) < 4.78 is 0. The van der Waals surface area contributed by atoms with Crippen molar-refractivity contribution in [1.82, 2.24) is 0 Å². The van der Waals surface area contributed by atoms with Crippen molar-refractivity contribution in [3.05, 3.63) is 0 Å². The molecule has 0 saturated carbocycles. The van der Waals surface area contributed by atoms with E-state index in [1.165, 1.54) is 0 Å². The number of rotatable bonds is 2. The second kappa shape index (κ2) is 3.01. The number of hydrogen-bond acceptors (Lipinski definition) is 3. The minimum atomic E-state index is -1.36. The smallest absolute Gasteiger partial charge is 0.426 e. The molecule has 0 saturated heterocycles. The summed E-state index contributed by atoms with van der Waals surface area (Å²) in [6, 6.07) is 0. The van der Waals surface area contributed by atoms with E-state index in [9.17, 15) is 0 Å². The van der Waals surface area contributed by atoms with E-state index in [-0.39, 0.29) is 0 Å². The van der Waals surface area contributed by atoms with E-state index in [1.807, 2.05) is 0 Å². The van der Waals surface area contributed by atoms with Gasteiger partial charge < -0.3 is 15.8 Å². The van der Waals surface area contributed by atoms with Crippen molar-refractivity contribution >= 4 is 7.12 Å². The van der Waals surface area contributed by atoms with Crippen molar-refractivity contribution in [3.8, 4) is 0 Å². The van der Waals surface area contributed by atoms with Crippen molar-refractivity contribution in [2.75, 3.05) is 0 Å². The van der Waals surface area contributed by atoms with Crippen molar-refractivity contribution in [2.24, 2.45) is 5.73 Å². The second-order valence-corrected chi connectivity index (χ2v) is 1.49. The number of nitrogens with two attached hydrogens (primary N) is 1. The molecule has 0 aromatic heterocycles. The Bertz CT molecular complexity index is 50.2. The van der Waals surface area contributed by atoms with Gasteiger partial charge in [-0.25, -0.2) is 0 Å². The molecule has 0 fully saturated rings. The van der Waals surface area contributed by atoms with Crippen LogP contribution in [0.1, 0.15) is 13.3 Å². The van der Waals surface area contributed by atoms with E-state index < -0.39 is 13.1 Å². The van der Waals surface area contributed by atoms with E-state index >= 15 is 0 Å². The van der Waals surface area contributed by atoms with Crippen LogP contribution in [0.15, 0.2) is 0 Å². The van der Waals surface area contributed by atoms with Gasteiger partial charge in [0.05, 0.1) is 0 Å². The Morgan fingerprint density at radius 2 is 2.14 bits per heavy atom. The highest BCUT2D eigenvalue weighted by molar-refractivity contribution is 6.43. The molecule has 0 rings (SSSR count). The van der Waals surface area contributed by atoms with E-state index in [1.54, 1.807) is 6.92 Å². The predicted octanol–water partition coefficient (Wildman–Crippen LogP) is -1.26. The fourth-order valence-electron chi connectivity index (χ4n) is 0.211. The highest BCUT2D eigenvalue weighted by Crippen LogP contribution is 1.84. The highest BCUT2D eigenvalue weighted by Gasteiger charge is 2.14. The molecule has 0 spiro atoms. The molecule has 0 aliphatic heterocycles. The maximum atomic E-state index is 8.25. The monoisotopic (exact) mass is 103 g/mol. The van der Waals surface area contributed by atoms with Crippen LogP contribution >= 0.6 is 0 Å². The average Bonchev–Trinajstić information content (AvgIpc) is 1.65. The van der Waals surface area contributed by atoms with E-state index in [4.69, 9.17) is 15.8 Å². The van der Waals surface area contributed by atoms with Gasteiger partial charge in [0.15, 0.2) is 0 Å². The Morgan fingerprint density at radius 1 is 1.71 bits per heavy atom. The Labute approximate surface area is 43.3 Å². The molecule has 0 aromatic rings. The number of hydrogen-bond donors (Lipinski definition) is 3. The summed E-state index contributed by atoms with van der Waals surface area (Å²) in [6.07, 6.45) is 0.595. The third kappa shape index (κ3) is 2.62. The molecule has 1 atom stereocenters. The standard InChI is InChI=1S/C3H10BNO2/c1-2-3(5)4(6)7/h3,6-7H,2,5H2,1H3/t3-/m0/s1. The van der Waals surface area contributed by atoms with Crippen LogP contribution in [-0.4, -0.2) is 23.1 Å². The summed E-state index contributed by atoms with van der Waals surface area (Å²) in [7, 11) is -1.36. The zero-order chi connectivity index (χ0) is 5.86. The first-order chi connectivity index (χ1) is 3.18. The maximum absolute atomic E-state index is 8.25. The quantitative estimate of drug-likeness (QED) is 0.382. The lowest BCUT2D eigenvalue weighted by Crippen LogP contribution is -2.38. The molecule has 3 nitrogen and oxygen atoms in total. The van der Waals surface area contributed by atoms with Crippen LogP contribution in [0.25, 0.3) is 0 Å². The SMILES string of the molecule is CC[C@H](N)B(O)O. The third-order valence-electron chi connectivity index (χ3n) is 0.854. The lowest BCUT2D eigenvalue weighted by molar-refractivity contribution is 0.385. The average molecular weight is 103 g/mol. The molecule has 4 heteroatoms. The molecule has 0 bridgehead atoms. The summed E-state index contributed by atoms with van der Waals surface area (Å²) in [5.74, 6) is -0.486. The Hall–Kier alpha value is -0.0551. The topological polar surface area (TPSA) is 66.5 Å².